The average Bonchev–Trinajstić information content (AvgIpc) is 3.01. The van der Waals surface area contributed by atoms with Crippen molar-refractivity contribution in [2.75, 3.05) is 0 Å². The van der Waals surface area contributed by atoms with Gasteiger partial charge in [-0.15, -0.1) is 0 Å². The topological polar surface area (TPSA) is 12.9 Å². The Labute approximate surface area is 134 Å². The molecule has 1 aliphatic carbocycles. The standard InChI is InChI=1S/C21H27N/c1-21(2,3)14-18-15-22-20(17-11-5-4-6-12-17)13-19(18)16-9-7-8-10-16/h4-6,11-13,15-16H,7-10,14H2,1-3H3. The van der Waals surface area contributed by atoms with Crippen molar-refractivity contribution in [2.24, 2.45) is 5.41 Å². The lowest BCUT2D eigenvalue weighted by molar-refractivity contribution is 0.408. The van der Waals surface area contributed by atoms with E-state index in [-0.39, 0.29) is 0 Å². The lowest BCUT2D eigenvalue weighted by Crippen LogP contribution is -2.12. The third kappa shape index (κ3) is 3.58. The fourth-order valence-corrected chi connectivity index (χ4v) is 3.60. The molecule has 0 atom stereocenters. The van der Waals surface area contributed by atoms with E-state index in [0.29, 0.717) is 5.41 Å². The SMILES string of the molecule is CC(C)(C)Cc1cnc(-c2ccccc2)cc1C1CCCC1. The molecule has 1 nitrogen and oxygen atoms in total. The van der Waals surface area contributed by atoms with Crippen molar-refractivity contribution >= 4 is 0 Å². The summed E-state index contributed by atoms with van der Waals surface area (Å²) >= 11 is 0. The van der Waals surface area contributed by atoms with E-state index in [0.717, 1.165) is 18.0 Å². The van der Waals surface area contributed by atoms with Crippen molar-refractivity contribution in [1.82, 2.24) is 4.98 Å². The molecule has 3 rings (SSSR count). The summed E-state index contributed by atoms with van der Waals surface area (Å²) in [5.41, 5.74) is 5.67. The van der Waals surface area contributed by atoms with Gasteiger partial charge in [-0.05, 0) is 47.8 Å². The Kier molecular flexibility index (Phi) is 4.33. The molecule has 0 spiro atoms. The van der Waals surface area contributed by atoms with Crippen molar-refractivity contribution < 1.29 is 0 Å². The lowest BCUT2D eigenvalue weighted by atomic mass is 9.83. The van der Waals surface area contributed by atoms with Gasteiger partial charge in [0.25, 0.3) is 0 Å². The summed E-state index contributed by atoms with van der Waals surface area (Å²) in [6, 6.07) is 12.9. The second-order valence-corrected chi connectivity index (χ2v) is 7.85. The highest BCUT2D eigenvalue weighted by Gasteiger charge is 2.23. The summed E-state index contributed by atoms with van der Waals surface area (Å²) in [6.07, 6.45) is 8.69. The largest absolute Gasteiger partial charge is 0.256 e. The van der Waals surface area contributed by atoms with Gasteiger partial charge in [-0.2, -0.15) is 0 Å². The van der Waals surface area contributed by atoms with Gasteiger partial charge in [0.05, 0.1) is 5.69 Å². The molecule has 1 aliphatic rings. The summed E-state index contributed by atoms with van der Waals surface area (Å²) < 4.78 is 0. The molecule has 0 aliphatic heterocycles. The Bertz CT molecular complexity index is 616. The molecule has 0 saturated heterocycles. The Morgan fingerprint density at radius 3 is 2.36 bits per heavy atom. The van der Waals surface area contributed by atoms with Gasteiger partial charge < -0.3 is 0 Å². The van der Waals surface area contributed by atoms with Crippen LogP contribution in [0.25, 0.3) is 11.3 Å². The van der Waals surface area contributed by atoms with E-state index in [1.807, 2.05) is 0 Å². The van der Waals surface area contributed by atoms with Crippen LogP contribution in [0, 0.1) is 5.41 Å². The van der Waals surface area contributed by atoms with E-state index in [1.165, 1.54) is 36.8 Å². The molecule has 116 valence electrons. The normalized spacial score (nSPS) is 16.1. The summed E-state index contributed by atoms with van der Waals surface area (Å²) in [6.45, 7) is 6.95. The van der Waals surface area contributed by atoms with Crippen LogP contribution in [-0.4, -0.2) is 4.98 Å². The first-order chi connectivity index (χ1) is 10.5. The minimum atomic E-state index is 0.309. The number of benzene rings is 1. The smallest absolute Gasteiger partial charge is 0.0705 e. The molecule has 0 unspecified atom stereocenters. The predicted octanol–water partition coefficient (Wildman–Crippen LogP) is 5.99. The van der Waals surface area contributed by atoms with Crippen LogP contribution in [0.3, 0.4) is 0 Å². The molecule has 0 bridgehead atoms. The number of pyridine rings is 1. The fourth-order valence-electron chi connectivity index (χ4n) is 3.60. The first-order valence-corrected chi connectivity index (χ1v) is 8.57. The van der Waals surface area contributed by atoms with Gasteiger partial charge in [-0.1, -0.05) is 63.9 Å². The first kappa shape index (κ1) is 15.3. The van der Waals surface area contributed by atoms with Crippen molar-refractivity contribution in [3.05, 3.63) is 53.7 Å². The lowest BCUT2D eigenvalue weighted by Gasteiger charge is -2.23. The zero-order valence-corrected chi connectivity index (χ0v) is 14.1. The van der Waals surface area contributed by atoms with E-state index >= 15 is 0 Å². The molecule has 0 radical (unpaired) electrons. The van der Waals surface area contributed by atoms with Crippen LogP contribution in [0.2, 0.25) is 0 Å². The van der Waals surface area contributed by atoms with E-state index < -0.39 is 0 Å². The molecule has 1 saturated carbocycles. The van der Waals surface area contributed by atoms with Crippen molar-refractivity contribution in [1.29, 1.82) is 0 Å². The van der Waals surface area contributed by atoms with Crippen molar-refractivity contribution in [3.8, 4) is 11.3 Å². The Hall–Kier alpha value is -1.63. The Balaban J connectivity index is 2.00. The minimum absolute atomic E-state index is 0.309. The monoisotopic (exact) mass is 293 g/mol. The average molecular weight is 293 g/mol. The number of rotatable bonds is 3. The van der Waals surface area contributed by atoms with Gasteiger partial charge >= 0.3 is 0 Å². The van der Waals surface area contributed by atoms with Gasteiger partial charge in [-0.25, -0.2) is 0 Å². The second-order valence-electron chi connectivity index (χ2n) is 7.85. The maximum atomic E-state index is 4.77. The molecule has 1 heteroatoms. The molecule has 0 N–H and O–H groups in total. The van der Waals surface area contributed by atoms with Crippen molar-refractivity contribution in [2.45, 2.75) is 58.8 Å². The molecule has 1 heterocycles. The number of aromatic nitrogens is 1. The van der Waals surface area contributed by atoms with Crippen LogP contribution in [0.1, 0.15) is 63.5 Å². The van der Waals surface area contributed by atoms with Crippen LogP contribution >= 0.6 is 0 Å². The van der Waals surface area contributed by atoms with Crippen LogP contribution in [0.15, 0.2) is 42.6 Å². The third-order valence-electron chi connectivity index (χ3n) is 4.61. The Morgan fingerprint density at radius 1 is 1.05 bits per heavy atom. The third-order valence-corrected chi connectivity index (χ3v) is 4.61. The van der Waals surface area contributed by atoms with Crippen LogP contribution in [-0.2, 0) is 6.42 Å². The molecule has 0 amide bonds. The maximum Gasteiger partial charge on any atom is 0.0705 e. The zero-order valence-electron chi connectivity index (χ0n) is 14.1. The van der Waals surface area contributed by atoms with E-state index in [1.54, 1.807) is 5.56 Å². The number of hydrogen-bond acceptors (Lipinski definition) is 1. The molecular formula is C21H27N. The predicted molar refractivity (Wildman–Crippen MR) is 94.0 cm³/mol. The van der Waals surface area contributed by atoms with Crippen LogP contribution in [0.4, 0.5) is 0 Å². The fraction of sp³-hybridized carbons (Fsp3) is 0.476. The van der Waals surface area contributed by atoms with Crippen molar-refractivity contribution in [3.63, 3.8) is 0 Å². The Morgan fingerprint density at radius 2 is 1.73 bits per heavy atom. The summed E-state index contributed by atoms with van der Waals surface area (Å²) in [5.74, 6) is 0.739. The first-order valence-electron chi connectivity index (χ1n) is 8.57. The molecule has 1 fully saturated rings. The van der Waals surface area contributed by atoms with E-state index in [4.69, 9.17) is 4.98 Å². The highest BCUT2D eigenvalue weighted by atomic mass is 14.7. The molecule has 2 aromatic rings. The van der Waals surface area contributed by atoms with Crippen LogP contribution < -0.4 is 0 Å². The molecule has 1 aromatic heterocycles. The van der Waals surface area contributed by atoms with Gasteiger partial charge in [0, 0.05) is 11.8 Å². The van der Waals surface area contributed by atoms with E-state index in [2.05, 4.69) is 63.4 Å². The van der Waals surface area contributed by atoms with Gasteiger partial charge in [0.15, 0.2) is 0 Å². The molecule has 22 heavy (non-hydrogen) atoms. The number of nitrogens with zero attached hydrogens (tertiary/aromatic N) is 1. The highest BCUT2D eigenvalue weighted by molar-refractivity contribution is 5.60. The number of hydrogen-bond donors (Lipinski definition) is 0. The quantitative estimate of drug-likeness (QED) is 0.677. The van der Waals surface area contributed by atoms with Gasteiger partial charge in [-0.3, -0.25) is 4.98 Å². The van der Waals surface area contributed by atoms with E-state index in [9.17, 15) is 0 Å². The highest BCUT2D eigenvalue weighted by Crippen LogP contribution is 2.38. The minimum Gasteiger partial charge on any atom is -0.256 e. The summed E-state index contributed by atoms with van der Waals surface area (Å²) in [5, 5.41) is 0. The molecular weight excluding hydrogens is 266 g/mol. The second kappa shape index (κ2) is 6.24. The summed E-state index contributed by atoms with van der Waals surface area (Å²) in [7, 11) is 0. The van der Waals surface area contributed by atoms with Gasteiger partial charge in [0.1, 0.15) is 0 Å². The summed E-state index contributed by atoms with van der Waals surface area (Å²) in [4.78, 5) is 4.77. The van der Waals surface area contributed by atoms with Gasteiger partial charge in [0.2, 0.25) is 0 Å². The van der Waals surface area contributed by atoms with Crippen LogP contribution in [0.5, 0.6) is 0 Å². The molecule has 1 aromatic carbocycles. The zero-order chi connectivity index (χ0) is 15.6. The maximum absolute atomic E-state index is 4.77.